The van der Waals surface area contributed by atoms with Gasteiger partial charge in [-0.3, -0.25) is 0 Å². The van der Waals surface area contributed by atoms with Crippen LogP contribution < -0.4 is 22.3 Å². The minimum absolute atomic E-state index is 0.0351. The molecular weight excluding hydrogens is 192 g/mol. The number of nitrogen functional groups attached to an aromatic ring is 2. The number of aromatic nitrogens is 2. The lowest BCUT2D eigenvalue weighted by Crippen LogP contribution is -2.30. The molecular formula is C9H18N6. The monoisotopic (exact) mass is 210 g/mol. The van der Waals surface area contributed by atoms with Crippen molar-refractivity contribution < 1.29 is 0 Å². The van der Waals surface area contributed by atoms with E-state index in [0.717, 1.165) is 6.42 Å². The lowest BCUT2D eigenvalue weighted by Gasteiger charge is -2.25. The van der Waals surface area contributed by atoms with Gasteiger partial charge in [0.1, 0.15) is 11.6 Å². The number of anilines is 3. The molecule has 0 saturated heterocycles. The predicted octanol–water partition coefficient (Wildman–Crippen LogP) is 0.945. The molecule has 0 radical (unpaired) electrons. The fraction of sp³-hybridized carbons (Fsp3) is 0.556. The highest BCUT2D eigenvalue weighted by Gasteiger charge is 2.15. The Morgan fingerprint density at radius 2 is 1.93 bits per heavy atom. The van der Waals surface area contributed by atoms with Crippen molar-refractivity contribution in [3.63, 3.8) is 0 Å². The van der Waals surface area contributed by atoms with Crippen molar-refractivity contribution in [1.82, 2.24) is 9.97 Å². The van der Waals surface area contributed by atoms with Gasteiger partial charge in [0.2, 0.25) is 5.95 Å². The first-order valence-corrected chi connectivity index (χ1v) is 4.86. The first-order valence-electron chi connectivity index (χ1n) is 4.86. The molecule has 1 heterocycles. The maximum atomic E-state index is 5.54. The molecule has 6 N–H and O–H groups in total. The van der Waals surface area contributed by atoms with Gasteiger partial charge in [0.25, 0.3) is 0 Å². The minimum atomic E-state index is -0.0351. The zero-order valence-corrected chi connectivity index (χ0v) is 9.33. The van der Waals surface area contributed by atoms with Crippen LogP contribution in [0.1, 0.15) is 27.2 Å². The highest BCUT2D eigenvalue weighted by Crippen LogP contribution is 2.18. The summed E-state index contributed by atoms with van der Waals surface area (Å²) in [6, 6.07) is 1.72. The van der Waals surface area contributed by atoms with Gasteiger partial charge < -0.3 is 16.5 Å². The van der Waals surface area contributed by atoms with E-state index in [2.05, 4.69) is 41.5 Å². The summed E-state index contributed by atoms with van der Waals surface area (Å²) in [7, 11) is 0. The Bertz CT molecular complexity index is 335. The number of hydrogen-bond acceptors (Lipinski definition) is 6. The Kier molecular flexibility index (Phi) is 3.31. The largest absolute Gasteiger partial charge is 0.368 e. The number of hydrogen-bond donors (Lipinski definition) is 4. The third-order valence-corrected chi connectivity index (χ3v) is 2.24. The summed E-state index contributed by atoms with van der Waals surface area (Å²) in [5, 5.41) is 3.26. The van der Waals surface area contributed by atoms with Crippen LogP contribution in [-0.2, 0) is 0 Å². The van der Waals surface area contributed by atoms with Gasteiger partial charge in [-0.05, 0) is 20.3 Å². The van der Waals surface area contributed by atoms with Gasteiger partial charge in [0.05, 0.1) is 0 Å². The Morgan fingerprint density at radius 1 is 1.33 bits per heavy atom. The molecule has 0 aliphatic heterocycles. The average Bonchev–Trinajstić information content (AvgIpc) is 2.16. The van der Waals surface area contributed by atoms with Crippen LogP contribution in [0.25, 0.3) is 0 Å². The van der Waals surface area contributed by atoms with Crippen molar-refractivity contribution in [2.75, 3.05) is 16.5 Å². The van der Waals surface area contributed by atoms with Crippen LogP contribution in [0.2, 0.25) is 0 Å². The number of nitrogens with two attached hydrogens (primary N) is 2. The first-order chi connectivity index (χ1) is 6.96. The van der Waals surface area contributed by atoms with Gasteiger partial charge in [0.15, 0.2) is 0 Å². The molecule has 0 aromatic carbocycles. The van der Waals surface area contributed by atoms with Gasteiger partial charge in [-0.25, -0.2) is 5.84 Å². The third kappa shape index (κ3) is 3.25. The summed E-state index contributed by atoms with van der Waals surface area (Å²) in [6.07, 6.45) is 0.974. The quantitative estimate of drug-likeness (QED) is 0.436. The molecule has 0 bridgehead atoms. The Balaban J connectivity index is 2.90. The molecule has 15 heavy (non-hydrogen) atoms. The van der Waals surface area contributed by atoms with Crippen LogP contribution in [0, 0.1) is 0 Å². The summed E-state index contributed by atoms with van der Waals surface area (Å²) in [5.41, 5.74) is 7.94. The zero-order chi connectivity index (χ0) is 11.5. The Labute approximate surface area is 89.4 Å². The van der Waals surface area contributed by atoms with Crippen LogP contribution in [-0.4, -0.2) is 15.5 Å². The molecule has 1 aromatic rings. The van der Waals surface area contributed by atoms with Gasteiger partial charge in [-0.2, -0.15) is 9.97 Å². The van der Waals surface area contributed by atoms with E-state index in [4.69, 9.17) is 11.6 Å². The van der Waals surface area contributed by atoms with E-state index >= 15 is 0 Å². The fourth-order valence-corrected chi connectivity index (χ4v) is 1.04. The lowest BCUT2D eigenvalue weighted by atomic mass is 10.0. The number of nitrogens with one attached hydrogen (secondary N) is 2. The van der Waals surface area contributed by atoms with E-state index in [0.29, 0.717) is 11.6 Å². The van der Waals surface area contributed by atoms with Crippen LogP contribution in [0.4, 0.5) is 17.6 Å². The van der Waals surface area contributed by atoms with Crippen molar-refractivity contribution in [3.05, 3.63) is 6.07 Å². The topological polar surface area (TPSA) is 102 Å². The van der Waals surface area contributed by atoms with Crippen molar-refractivity contribution in [2.45, 2.75) is 32.7 Å². The highest BCUT2D eigenvalue weighted by atomic mass is 15.3. The summed E-state index contributed by atoms with van der Waals surface area (Å²) in [5.74, 6) is 6.62. The summed E-state index contributed by atoms with van der Waals surface area (Å²) in [4.78, 5) is 7.97. The van der Waals surface area contributed by atoms with Gasteiger partial charge in [-0.1, -0.05) is 6.92 Å². The fourth-order valence-electron chi connectivity index (χ4n) is 1.04. The summed E-state index contributed by atoms with van der Waals surface area (Å²) >= 11 is 0. The second-order valence-electron chi connectivity index (χ2n) is 4.00. The van der Waals surface area contributed by atoms with E-state index in [1.165, 1.54) is 0 Å². The molecule has 1 rings (SSSR count). The summed E-state index contributed by atoms with van der Waals surface area (Å²) < 4.78 is 0. The SMILES string of the molecule is CCC(C)(C)Nc1cc(NN)nc(N)n1. The standard InChI is InChI=1S/C9H18N6/c1-4-9(2,3)14-6-5-7(15-11)13-8(10)12-6/h5H,4,11H2,1-3H3,(H4,10,12,13,14,15). The highest BCUT2D eigenvalue weighted by molar-refractivity contribution is 5.51. The summed E-state index contributed by atoms with van der Waals surface area (Å²) in [6.45, 7) is 6.27. The molecule has 0 saturated carbocycles. The predicted molar refractivity (Wildman–Crippen MR) is 62.2 cm³/mol. The normalized spacial score (nSPS) is 11.2. The van der Waals surface area contributed by atoms with E-state index in [-0.39, 0.29) is 11.5 Å². The van der Waals surface area contributed by atoms with Crippen LogP contribution in [0.5, 0.6) is 0 Å². The average molecular weight is 210 g/mol. The van der Waals surface area contributed by atoms with Crippen molar-refractivity contribution in [1.29, 1.82) is 0 Å². The van der Waals surface area contributed by atoms with Crippen molar-refractivity contribution in [2.24, 2.45) is 5.84 Å². The van der Waals surface area contributed by atoms with E-state index in [9.17, 15) is 0 Å². The van der Waals surface area contributed by atoms with Crippen LogP contribution in [0.3, 0.4) is 0 Å². The molecule has 6 heteroatoms. The molecule has 0 amide bonds. The van der Waals surface area contributed by atoms with Gasteiger partial charge in [-0.15, -0.1) is 0 Å². The van der Waals surface area contributed by atoms with E-state index < -0.39 is 0 Å². The molecule has 0 fully saturated rings. The van der Waals surface area contributed by atoms with Crippen LogP contribution in [0.15, 0.2) is 6.07 Å². The molecule has 0 aliphatic carbocycles. The second-order valence-corrected chi connectivity index (χ2v) is 4.00. The molecule has 84 valence electrons. The van der Waals surface area contributed by atoms with Crippen molar-refractivity contribution in [3.8, 4) is 0 Å². The molecule has 6 nitrogen and oxygen atoms in total. The molecule has 0 atom stereocenters. The van der Waals surface area contributed by atoms with Crippen LogP contribution >= 0.6 is 0 Å². The van der Waals surface area contributed by atoms with E-state index in [1.807, 2.05) is 0 Å². The molecule has 1 aromatic heterocycles. The minimum Gasteiger partial charge on any atom is -0.368 e. The molecule has 0 unspecified atom stereocenters. The number of rotatable bonds is 4. The maximum absolute atomic E-state index is 5.54. The number of hydrazine groups is 1. The first kappa shape index (κ1) is 11.5. The zero-order valence-electron chi connectivity index (χ0n) is 9.33. The van der Waals surface area contributed by atoms with Crippen molar-refractivity contribution >= 4 is 17.6 Å². The Morgan fingerprint density at radius 3 is 2.47 bits per heavy atom. The Hall–Kier alpha value is -1.56. The molecule has 0 spiro atoms. The van der Waals surface area contributed by atoms with E-state index in [1.54, 1.807) is 6.07 Å². The van der Waals surface area contributed by atoms with Gasteiger partial charge >= 0.3 is 0 Å². The maximum Gasteiger partial charge on any atom is 0.223 e. The number of nitrogens with zero attached hydrogens (tertiary/aromatic N) is 2. The van der Waals surface area contributed by atoms with Gasteiger partial charge in [0, 0.05) is 11.6 Å². The lowest BCUT2D eigenvalue weighted by molar-refractivity contribution is 0.545. The molecule has 0 aliphatic rings. The second kappa shape index (κ2) is 4.31. The smallest absolute Gasteiger partial charge is 0.223 e. The third-order valence-electron chi connectivity index (χ3n) is 2.24.